The Morgan fingerprint density at radius 3 is 2.61 bits per heavy atom. The van der Waals surface area contributed by atoms with Gasteiger partial charge in [0, 0.05) is 5.39 Å². The molecule has 0 unspecified atom stereocenters. The van der Waals surface area contributed by atoms with Crippen molar-refractivity contribution in [3.05, 3.63) is 42.0 Å². The van der Waals surface area contributed by atoms with Crippen LogP contribution in [0.1, 0.15) is 5.56 Å². The molecule has 18 heavy (non-hydrogen) atoms. The molecule has 0 bridgehead atoms. The summed E-state index contributed by atoms with van der Waals surface area (Å²) in [6.07, 6.45) is 0.382. The van der Waals surface area contributed by atoms with Crippen LogP contribution < -0.4 is 5.73 Å². The third-order valence-corrected chi connectivity index (χ3v) is 2.94. The maximum absolute atomic E-state index is 11.3. The number of carbonyl (C=O) groups excluding carboxylic acids is 1. The number of aromatic hydroxyl groups is 1. The molecule has 0 aliphatic rings. The van der Waals surface area contributed by atoms with E-state index < -0.39 is 12.0 Å². The smallest absolute Gasteiger partial charge is 0.322 e. The van der Waals surface area contributed by atoms with Crippen LogP contribution in [-0.4, -0.2) is 24.2 Å². The van der Waals surface area contributed by atoms with Crippen molar-refractivity contribution in [2.75, 3.05) is 7.11 Å². The third-order valence-electron chi connectivity index (χ3n) is 2.94. The van der Waals surface area contributed by atoms with Crippen molar-refractivity contribution in [1.82, 2.24) is 0 Å². The number of methoxy groups -OCH3 is 1. The van der Waals surface area contributed by atoms with Gasteiger partial charge in [-0.2, -0.15) is 0 Å². The number of phenols is 1. The van der Waals surface area contributed by atoms with Crippen molar-refractivity contribution < 1.29 is 14.6 Å². The van der Waals surface area contributed by atoms with Gasteiger partial charge in [0.25, 0.3) is 0 Å². The van der Waals surface area contributed by atoms with E-state index in [2.05, 4.69) is 4.74 Å². The molecule has 4 nitrogen and oxygen atoms in total. The number of hydrogen-bond acceptors (Lipinski definition) is 4. The molecule has 0 spiro atoms. The number of hydrogen-bond donors (Lipinski definition) is 2. The second kappa shape index (κ2) is 5.06. The highest BCUT2D eigenvalue weighted by molar-refractivity contribution is 5.91. The molecular formula is C14H15NO3. The Morgan fingerprint density at radius 1 is 1.28 bits per heavy atom. The first-order valence-corrected chi connectivity index (χ1v) is 5.66. The highest BCUT2D eigenvalue weighted by atomic mass is 16.5. The standard InChI is InChI=1S/C14H15NO3/c1-18-14(17)12(15)8-9-6-7-13(16)11-5-3-2-4-10(9)11/h2-7,12,16H,8,15H2,1H3/t12-/m0/s1. The normalized spacial score (nSPS) is 12.3. The van der Waals surface area contributed by atoms with Crippen molar-refractivity contribution >= 4 is 16.7 Å². The van der Waals surface area contributed by atoms with E-state index in [9.17, 15) is 9.90 Å². The number of ether oxygens (including phenoxy) is 1. The maximum atomic E-state index is 11.3. The van der Waals surface area contributed by atoms with E-state index in [1.54, 1.807) is 12.1 Å². The fraction of sp³-hybridized carbons (Fsp3) is 0.214. The first-order chi connectivity index (χ1) is 8.63. The molecule has 0 fully saturated rings. The molecule has 0 radical (unpaired) electrons. The molecule has 0 amide bonds. The van der Waals surface area contributed by atoms with Gasteiger partial charge in [0.2, 0.25) is 0 Å². The van der Waals surface area contributed by atoms with Gasteiger partial charge in [-0.1, -0.05) is 30.3 Å². The SMILES string of the molecule is COC(=O)[C@@H](N)Cc1ccc(O)c2ccccc12. The molecule has 0 heterocycles. The highest BCUT2D eigenvalue weighted by Gasteiger charge is 2.16. The lowest BCUT2D eigenvalue weighted by atomic mass is 9.98. The van der Waals surface area contributed by atoms with Gasteiger partial charge in [-0.3, -0.25) is 4.79 Å². The van der Waals surface area contributed by atoms with Crippen LogP contribution in [0.4, 0.5) is 0 Å². The molecule has 0 saturated carbocycles. The first-order valence-electron chi connectivity index (χ1n) is 5.66. The summed E-state index contributed by atoms with van der Waals surface area (Å²) >= 11 is 0. The molecule has 2 aromatic carbocycles. The van der Waals surface area contributed by atoms with E-state index in [1.165, 1.54) is 7.11 Å². The minimum Gasteiger partial charge on any atom is -0.507 e. The van der Waals surface area contributed by atoms with Crippen LogP contribution in [0.15, 0.2) is 36.4 Å². The number of esters is 1. The molecular weight excluding hydrogens is 230 g/mol. The van der Waals surface area contributed by atoms with E-state index in [-0.39, 0.29) is 5.75 Å². The van der Waals surface area contributed by atoms with Gasteiger partial charge in [0.15, 0.2) is 0 Å². The second-order valence-corrected chi connectivity index (χ2v) is 4.12. The predicted molar refractivity (Wildman–Crippen MR) is 69.3 cm³/mol. The summed E-state index contributed by atoms with van der Waals surface area (Å²) in [4.78, 5) is 11.3. The van der Waals surface area contributed by atoms with E-state index in [1.807, 2.05) is 24.3 Å². The molecule has 2 rings (SSSR count). The molecule has 0 aliphatic heterocycles. The first kappa shape index (κ1) is 12.4. The van der Waals surface area contributed by atoms with Gasteiger partial charge < -0.3 is 15.6 Å². The Morgan fingerprint density at radius 2 is 1.94 bits per heavy atom. The summed E-state index contributed by atoms with van der Waals surface area (Å²) in [5, 5.41) is 11.4. The van der Waals surface area contributed by atoms with Crippen LogP contribution >= 0.6 is 0 Å². The predicted octanol–water partition coefficient (Wildman–Crippen LogP) is 1.59. The van der Waals surface area contributed by atoms with E-state index in [0.717, 1.165) is 16.3 Å². The average Bonchev–Trinajstić information content (AvgIpc) is 2.41. The summed E-state index contributed by atoms with van der Waals surface area (Å²) in [6.45, 7) is 0. The quantitative estimate of drug-likeness (QED) is 0.805. The summed E-state index contributed by atoms with van der Waals surface area (Å²) < 4.78 is 4.61. The van der Waals surface area contributed by atoms with Crippen molar-refractivity contribution in [2.24, 2.45) is 5.73 Å². The second-order valence-electron chi connectivity index (χ2n) is 4.12. The number of benzene rings is 2. The number of rotatable bonds is 3. The van der Waals surface area contributed by atoms with Gasteiger partial charge in [-0.25, -0.2) is 0 Å². The molecule has 2 aromatic rings. The summed E-state index contributed by atoms with van der Waals surface area (Å²) in [5.74, 6) is -0.215. The van der Waals surface area contributed by atoms with Crippen LogP contribution in [0.25, 0.3) is 10.8 Å². The Bertz CT molecular complexity index is 580. The van der Waals surface area contributed by atoms with Crippen LogP contribution in [0.5, 0.6) is 5.75 Å². The molecule has 0 saturated heterocycles. The van der Waals surface area contributed by atoms with Crippen LogP contribution in [0, 0.1) is 0 Å². The number of phenolic OH excluding ortho intramolecular Hbond substituents is 1. The Labute approximate surface area is 105 Å². The maximum Gasteiger partial charge on any atom is 0.322 e. The molecule has 3 N–H and O–H groups in total. The number of fused-ring (bicyclic) bond motifs is 1. The van der Waals surface area contributed by atoms with Gasteiger partial charge in [-0.15, -0.1) is 0 Å². The lowest BCUT2D eigenvalue weighted by molar-refractivity contribution is -0.142. The molecule has 1 atom stereocenters. The van der Waals surface area contributed by atoms with Crippen molar-refractivity contribution in [3.8, 4) is 5.75 Å². The van der Waals surface area contributed by atoms with E-state index in [0.29, 0.717) is 6.42 Å². The van der Waals surface area contributed by atoms with Gasteiger partial charge in [0.1, 0.15) is 11.8 Å². The zero-order chi connectivity index (χ0) is 13.1. The van der Waals surface area contributed by atoms with Crippen molar-refractivity contribution in [1.29, 1.82) is 0 Å². The average molecular weight is 245 g/mol. The third kappa shape index (κ3) is 2.28. The van der Waals surface area contributed by atoms with Gasteiger partial charge in [0.05, 0.1) is 7.11 Å². The van der Waals surface area contributed by atoms with Crippen LogP contribution in [-0.2, 0) is 16.0 Å². The monoisotopic (exact) mass is 245 g/mol. The highest BCUT2D eigenvalue weighted by Crippen LogP contribution is 2.27. The zero-order valence-corrected chi connectivity index (χ0v) is 10.1. The topological polar surface area (TPSA) is 72.5 Å². The van der Waals surface area contributed by atoms with Crippen LogP contribution in [0.2, 0.25) is 0 Å². The molecule has 4 heteroatoms. The Hall–Kier alpha value is -2.07. The van der Waals surface area contributed by atoms with Crippen molar-refractivity contribution in [2.45, 2.75) is 12.5 Å². The lowest BCUT2D eigenvalue weighted by Gasteiger charge is -2.12. The molecule has 94 valence electrons. The summed E-state index contributed by atoms with van der Waals surface area (Å²) in [6, 6.07) is 10.2. The van der Waals surface area contributed by atoms with Gasteiger partial charge in [-0.05, 0) is 23.4 Å². The minimum atomic E-state index is -0.692. The summed E-state index contributed by atoms with van der Waals surface area (Å²) in [7, 11) is 1.32. The van der Waals surface area contributed by atoms with Gasteiger partial charge >= 0.3 is 5.97 Å². The Balaban J connectivity index is 2.40. The minimum absolute atomic E-state index is 0.223. The van der Waals surface area contributed by atoms with Crippen molar-refractivity contribution in [3.63, 3.8) is 0 Å². The number of nitrogens with two attached hydrogens (primary N) is 1. The van der Waals surface area contributed by atoms with E-state index >= 15 is 0 Å². The molecule has 0 aromatic heterocycles. The number of carbonyl (C=O) groups is 1. The van der Waals surface area contributed by atoms with E-state index in [4.69, 9.17) is 5.73 Å². The lowest BCUT2D eigenvalue weighted by Crippen LogP contribution is -2.33. The fourth-order valence-corrected chi connectivity index (χ4v) is 2.00. The largest absolute Gasteiger partial charge is 0.507 e. The summed E-state index contributed by atoms with van der Waals surface area (Å²) in [5.41, 5.74) is 6.67. The fourth-order valence-electron chi connectivity index (χ4n) is 2.00. The Kier molecular flexibility index (Phi) is 3.48. The zero-order valence-electron chi connectivity index (χ0n) is 10.1. The molecule has 0 aliphatic carbocycles. The van der Waals surface area contributed by atoms with Crippen LogP contribution in [0.3, 0.4) is 0 Å².